The van der Waals surface area contributed by atoms with Crippen LogP contribution in [-0.4, -0.2) is 26.7 Å². The monoisotopic (exact) mass is 322 g/mol. The van der Waals surface area contributed by atoms with Crippen LogP contribution < -0.4 is 11.2 Å². The molecule has 0 aliphatic rings. The number of aliphatic hydroxyl groups is 1. The van der Waals surface area contributed by atoms with Crippen LogP contribution in [0.2, 0.25) is 0 Å². The summed E-state index contributed by atoms with van der Waals surface area (Å²) >= 11 is 0. The number of hydrogen-bond donors (Lipinski definition) is 2. The van der Waals surface area contributed by atoms with E-state index in [-0.39, 0.29) is 31.0 Å². The summed E-state index contributed by atoms with van der Waals surface area (Å²) in [5, 5.41) is 17.3. The van der Waals surface area contributed by atoms with E-state index in [0.29, 0.717) is 29.0 Å². The van der Waals surface area contributed by atoms with Gasteiger partial charge in [-0.05, 0) is 18.2 Å². The van der Waals surface area contributed by atoms with Gasteiger partial charge in [-0.2, -0.15) is 0 Å². The van der Waals surface area contributed by atoms with Crippen LogP contribution in [0.25, 0.3) is 22.2 Å². The molecule has 0 spiro atoms. The van der Waals surface area contributed by atoms with Crippen molar-refractivity contribution in [2.75, 3.05) is 6.61 Å². The quantitative estimate of drug-likeness (QED) is 0.739. The highest BCUT2D eigenvalue weighted by atomic mass is 35.5. The fourth-order valence-electron chi connectivity index (χ4n) is 2.11. The molecule has 7 nitrogen and oxygen atoms in total. The molecule has 8 heteroatoms. The van der Waals surface area contributed by atoms with E-state index in [2.05, 4.69) is 10.3 Å². The number of nitrogens with two attached hydrogens (primary N) is 1. The van der Waals surface area contributed by atoms with Gasteiger partial charge in [-0.3, -0.25) is 4.79 Å². The highest BCUT2D eigenvalue weighted by molar-refractivity contribution is 5.85. The van der Waals surface area contributed by atoms with Gasteiger partial charge in [-0.1, -0.05) is 5.21 Å². The second kappa shape index (κ2) is 6.69. The fraction of sp³-hybridized carbons (Fsp3) is 0.214. The summed E-state index contributed by atoms with van der Waals surface area (Å²) in [5.74, 6) is 0.453. The van der Waals surface area contributed by atoms with Crippen LogP contribution in [-0.2, 0) is 13.1 Å². The van der Waals surface area contributed by atoms with Crippen LogP contribution in [0.3, 0.4) is 0 Å². The van der Waals surface area contributed by atoms with Crippen LogP contribution in [0.5, 0.6) is 0 Å². The van der Waals surface area contributed by atoms with Crippen molar-refractivity contribution in [1.82, 2.24) is 15.0 Å². The van der Waals surface area contributed by atoms with Gasteiger partial charge in [-0.15, -0.1) is 17.5 Å². The van der Waals surface area contributed by atoms with Crippen molar-refractivity contribution in [2.45, 2.75) is 13.1 Å². The maximum atomic E-state index is 12.1. The summed E-state index contributed by atoms with van der Waals surface area (Å²) in [6.07, 6.45) is 1.72. The van der Waals surface area contributed by atoms with Gasteiger partial charge in [-0.25, -0.2) is 4.68 Å². The Balaban J connectivity index is 0.00000176. The lowest BCUT2D eigenvalue weighted by atomic mass is 10.1. The van der Waals surface area contributed by atoms with Gasteiger partial charge in [0.05, 0.1) is 31.3 Å². The molecule has 1 aromatic carbocycles. The molecule has 0 saturated carbocycles. The molecule has 0 aliphatic carbocycles. The molecule has 22 heavy (non-hydrogen) atoms. The van der Waals surface area contributed by atoms with Gasteiger partial charge < -0.3 is 15.3 Å². The number of aliphatic hydroxyl groups excluding tert-OH is 1. The third kappa shape index (κ3) is 3.01. The Bertz CT molecular complexity index is 843. The Hall–Kier alpha value is -2.22. The van der Waals surface area contributed by atoms with Crippen molar-refractivity contribution in [1.29, 1.82) is 0 Å². The van der Waals surface area contributed by atoms with Gasteiger partial charge in [0.2, 0.25) is 0 Å². The molecule has 0 bridgehead atoms. The second-order valence-corrected chi connectivity index (χ2v) is 4.58. The normalized spacial score (nSPS) is 10.6. The molecule has 0 radical (unpaired) electrons. The standard InChI is InChI=1S/C14H14N4O3.ClH/c15-7-10-6-13(20)11-5-9(1-2-14(11)21-10)12-8-18(3-4-19)17-16-12;/h1-2,5-6,8,19H,3-4,7,15H2;1H. The molecule has 3 aromatic rings. The smallest absolute Gasteiger partial charge is 0.193 e. The highest BCUT2D eigenvalue weighted by Crippen LogP contribution is 2.21. The van der Waals surface area contributed by atoms with Gasteiger partial charge in [0, 0.05) is 11.6 Å². The highest BCUT2D eigenvalue weighted by Gasteiger charge is 2.08. The number of benzene rings is 1. The zero-order valence-corrected chi connectivity index (χ0v) is 12.4. The Morgan fingerprint density at radius 3 is 2.86 bits per heavy atom. The van der Waals surface area contributed by atoms with Crippen molar-refractivity contribution in [2.24, 2.45) is 5.73 Å². The molecular weight excluding hydrogens is 308 g/mol. The molecule has 0 amide bonds. The van der Waals surface area contributed by atoms with E-state index in [9.17, 15) is 4.79 Å². The van der Waals surface area contributed by atoms with Gasteiger partial charge >= 0.3 is 0 Å². The molecule has 0 fully saturated rings. The van der Waals surface area contributed by atoms with Crippen LogP contribution in [0.15, 0.2) is 39.7 Å². The molecule has 2 aromatic heterocycles. The zero-order chi connectivity index (χ0) is 14.8. The summed E-state index contributed by atoms with van der Waals surface area (Å²) in [4.78, 5) is 12.1. The average molecular weight is 323 g/mol. The molecular formula is C14H15ClN4O3. The summed E-state index contributed by atoms with van der Waals surface area (Å²) in [5.41, 5.74) is 7.24. The van der Waals surface area contributed by atoms with E-state index >= 15 is 0 Å². The predicted molar refractivity (Wildman–Crippen MR) is 83.7 cm³/mol. The third-order valence-corrected chi connectivity index (χ3v) is 3.14. The Morgan fingerprint density at radius 1 is 1.32 bits per heavy atom. The van der Waals surface area contributed by atoms with Crippen molar-refractivity contribution in [3.63, 3.8) is 0 Å². The first-order chi connectivity index (χ1) is 10.2. The molecule has 0 aliphatic heterocycles. The lowest BCUT2D eigenvalue weighted by Gasteiger charge is -2.02. The summed E-state index contributed by atoms with van der Waals surface area (Å²) in [6, 6.07) is 6.64. The molecule has 2 heterocycles. The summed E-state index contributed by atoms with van der Waals surface area (Å²) < 4.78 is 7.07. The number of rotatable bonds is 4. The SMILES string of the molecule is Cl.NCc1cc(=O)c2cc(-c3cn(CCO)nn3)ccc2o1. The van der Waals surface area contributed by atoms with Gasteiger partial charge in [0.25, 0.3) is 0 Å². The van der Waals surface area contributed by atoms with Crippen molar-refractivity contribution < 1.29 is 9.52 Å². The molecule has 0 unspecified atom stereocenters. The van der Waals surface area contributed by atoms with E-state index in [4.69, 9.17) is 15.3 Å². The lowest BCUT2D eigenvalue weighted by Crippen LogP contribution is -2.05. The first-order valence-corrected chi connectivity index (χ1v) is 6.49. The number of halogens is 1. The fourth-order valence-corrected chi connectivity index (χ4v) is 2.11. The Morgan fingerprint density at radius 2 is 2.14 bits per heavy atom. The Labute approximate surface area is 131 Å². The van der Waals surface area contributed by atoms with Crippen molar-refractivity contribution in [3.8, 4) is 11.3 Å². The number of aromatic nitrogens is 3. The second-order valence-electron chi connectivity index (χ2n) is 4.58. The number of nitrogens with zero attached hydrogens (tertiary/aromatic N) is 3. The largest absolute Gasteiger partial charge is 0.459 e. The van der Waals surface area contributed by atoms with E-state index in [0.717, 1.165) is 5.56 Å². The molecule has 3 rings (SSSR count). The van der Waals surface area contributed by atoms with Crippen LogP contribution in [0.4, 0.5) is 0 Å². The first-order valence-electron chi connectivity index (χ1n) is 6.49. The summed E-state index contributed by atoms with van der Waals surface area (Å²) in [7, 11) is 0. The maximum Gasteiger partial charge on any atom is 0.193 e. The minimum Gasteiger partial charge on any atom is -0.459 e. The molecule has 0 saturated heterocycles. The summed E-state index contributed by atoms with van der Waals surface area (Å²) in [6.45, 7) is 0.553. The van der Waals surface area contributed by atoms with Gasteiger partial charge in [0.1, 0.15) is 17.0 Å². The third-order valence-electron chi connectivity index (χ3n) is 3.14. The van der Waals surface area contributed by atoms with E-state index in [1.165, 1.54) is 6.07 Å². The number of fused-ring (bicyclic) bond motifs is 1. The van der Waals surface area contributed by atoms with Gasteiger partial charge in [0.15, 0.2) is 5.43 Å². The van der Waals surface area contributed by atoms with E-state index < -0.39 is 0 Å². The van der Waals surface area contributed by atoms with E-state index in [1.54, 1.807) is 29.1 Å². The first kappa shape index (κ1) is 16.2. The predicted octanol–water partition coefficient (Wildman–Crippen LogP) is 0.924. The number of hydrogen-bond acceptors (Lipinski definition) is 6. The average Bonchev–Trinajstić information content (AvgIpc) is 2.96. The van der Waals surface area contributed by atoms with Crippen LogP contribution in [0.1, 0.15) is 5.76 Å². The maximum absolute atomic E-state index is 12.1. The molecule has 3 N–H and O–H groups in total. The topological polar surface area (TPSA) is 107 Å². The van der Waals surface area contributed by atoms with Crippen molar-refractivity contribution in [3.05, 3.63) is 46.4 Å². The lowest BCUT2D eigenvalue weighted by molar-refractivity contribution is 0.268. The Kier molecular flexibility index (Phi) is 4.92. The molecule has 116 valence electrons. The van der Waals surface area contributed by atoms with E-state index in [1.807, 2.05) is 0 Å². The van der Waals surface area contributed by atoms with Crippen LogP contribution >= 0.6 is 12.4 Å². The molecule has 0 atom stereocenters. The van der Waals surface area contributed by atoms with Crippen LogP contribution in [0, 0.1) is 0 Å². The minimum absolute atomic E-state index is 0. The zero-order valence-electron chi connectivity index (χ0n) is 11.6. The van der Waals surface area contributed by atoms with Crippen molar-refractivity contribution >= 4 is 23.4 Å². The minimum atomic E-state index is -0.138.